The van der Waals surface area contributed by atoms with Gasteiger partial charge >= 0.3 is 5.97 Å². The van der Waals surface area contributed by atoms with Gasteiger partial charge in [-0.05, 0) is 89.4 Å². The Labute approximate surface area is 251 Å². The molecular formula is C36H34O7. The summed E-state index contributed by atoms with van der Waals surface area (Å²) in [6, 6.07) is 22.2. The molecule has 0 aliphatic carbocycles. The van der Waals surface area contributed by atoms with E-state index in [9.17, 15) is 14.7 Å². The van der Waals surface area contributed by atoms with Gasteiger partial charge in [0.25, 0.3) is 0 Å². The van der Waals surface area contributed by atoms with Crippen molar-refractivity contribution in [2.45, 2.75) is 19.8 Å². The molecule has 0 heterocycles. The monoisotopic (exact) mass is 578 g/mol. The quantitative estimate of drug-likeness (QED) is 0.0644. The molecule has 1 atom stereocenters. The maximum atomic E-state index is 13.0. The van der Waals surface area contributed by atoms with Gasteiger partial charge in [-0.3, -0.25) is 9.59 Å². The minimum atomic E-state index is -0.516. The first-order chi connectivity index (χ1) is 20.7. The van der Waals surface area contributed by atoms with Crippen molar-refractivity contribution in [2.24, 2.45) is 0 Å². The molecule has 0 bridgehead atoms. The van der Waals surface area contributed by atoms with Crippen molar-refractivity contribution in [3.8, 4) is 23.0 Å². The SMILES string of the molecule is COc1ccc2cc([C@H](C)C(=O)Oc3ccc(/C=C/C(O)=CC(=O)/C=C/c4ccc(C)c(OC)c4)cc3OC)ccc2c1. The van der Waals surface area contributed by atoms with Gasteiger partial charge in [-0.25, -0.2) is 0 Å². The fourth-order valence-corrected chi connectivity index (χ4v) is 4.39. The lowest BCUT2D eigenvalue weighted by Crippen LogP contribution is -2.16. The predicted molar refractivity (Wildman–Crippen MR) is 169 cm³/mol. The molecule has 0 saturated heterocycles. The zero-order valence-electron chi connectivity index (χ0n) is 24.8. The molecule has 220 valence electrons. The van der Waals surface area contributed by atoms with E-state index in [1.165, 1.54) is 19.3 Å². The highest BCUT2D eigenvalue weighted by Crippen LogP contribution is 2.31. The Kier molecular flexibility index (Phi) is 10.0. The van der Waals surface area contributed by atoms with Gasteiger partial charge in [0, 0.05) is 6.08 Å². The van der Waals surface area contributed by atoms with Gasteiger partial charge in [-0.1, -0.05) is 54.6 Å². The second kappa shape index (κ2) is 14.0. The number of rotatable bonds is 11. The minimum Gasteiger partial charge on any atom is -0.508 e. The van der Waals surface area contributed by atoms with E-state index >= 15 is 0 Å². The molecule has 4 aromatic carbocycles. The zero-order valence-corrected chi connectivity index (χ0v) is 24.8. The molecule has 0 radical (unpaired) electrons. The van der Waals surface area contributed by atoms with Crippen LogP contribution < -0.4 is 18.9 Å². The topological polar surface area (TPSA) is 91.3 Å². The maximum Gasteiger partial charge on any atom is 0.318 e. The van der Waals surface area contributed by atoms with Gasteiger partial charge in [0.2, 0.25) is 0 Å². The number of aliphatic hydroxyl groups excluding tert-OH is 1. The Balaban J connectivity index is 1.40. The van der Waals surface area contributed by atoms with Crippen LogP contribution in [-0.4, -0.2) is 38.2 Å². The van der Waals surface area contributed by atoms with Gasteiger partial charge in [0.05, 0.1) is 27.2 Å². The number of fused-ring (bicyclic) bond motifs is 1. The third-order valence-corrected chi connectivity index (χ3v) is 6.93. The molecule has 0 aliphatic heterocycles. The highest BCUT2D eigenvalue weighted by Gasteiger charge is 2.20. The van der Waals surface area contributed by atoms with E-state index < -0.39 is 11.9 Å². The molecule has 4 aromatic rings. The molecule has 7 heteroatoms. The summed E-state index contributed by atoms with van der Waals surface area (Å²) in [5, 5.41) is 12.3. The first-order valence-electron chi connectivity index (χ1n) is 13.6. The van der Waals surface area contributed by atoms with Crippen LogP contribution in [0.1, 0.15) is 35.1 Å². The molecule has 0 aromatic heterocycles. The number of hydrogen-bond donors (Lipinski definition) is 1. The molecule has 43 heavy (non-hydrogen) atoms. The molecule has 0 spiro atoms. The van der Waals surface area contributed by atoms with Crippen molar-refractivity contribution in [2.75, 3.05) is 21.3 Å². The summed E-state index contributed by atoms with van der Waals surface area (Å²) >= 11 is 0. The number of ketones is 1. The van der Waals surface area contributed by atoms with E-state index in [-0.39, 0.29) is 17.3 Å². The minimum absolute atomic E-state index is 0.215. The normalized spacial score (nSPS) is 12.4. The van der Waals surface area contributed by atoms with Crippen molar-refractivity contribution in [3.63, 3.8) is 0 Å². The number of aryl methyl sites for hydroxylation is 1. The number of ether oxygens (including phenoxy) is 4. The lowest BCUT2D eigenvalue weighted by Gasteiger charge is -2.15. The summed E-state index contributed by atoms with van der Waals surface area (Å²) in [4.78, 5) is 25.3. The second-order valence-electron chi connectivity index (χ2n) is 9.89. The third kappa shape index (κ3) is 7.92. The molecule has 7 nitrogen and oxygen atoms in total. The summed E-state index contributed by atoms with van der Waals surface area (Å²) < 4.78 is 21.7. The van der Waals surface area contributed by atoms with Crippen molar-refractivity contribution in [1.82, 2.24) is 0 Å². The Morgan fingerprint density at radius 3 is 2.09 bits per heavy atom. The second-order valence-corrected chi connectivity index (χ2v) is 9.89. The Hall–Kier alpha value is -5.30. The van der Waals surface area contributed by atoms with Crippen LogP contribution in [0.25, 0.3) is 22.9 Å². The van der Waals surface area contributed by atoms with E-state index in [2.05, 4.69) is 0 Å². The maximum absolute atomic E-state index is 13.0. The summed E-state index contributed by atoms with van der Waals surface area (Å²) in [6.07, 6.45) is 7.17. The molecule has 4 rings (SSSR count). The number of carbonyl (C=O) groups excluding carboxylic acids is 2. The summed E-state index contributed by atoms with van der Waals surface area (Å²) in [7, 11) is 4.70. The number of allylic oxidation sites excluding steroid dienone is 3. The van der Waals surface area contributed by atoms with Crippen LogP contribution in [0.3, 0.4) is 0 Å². The third-order valence-electron chi connectivity index (χ3n) is 6.93. The van der Waals surface area contributed by atoms with Crippen LogP contribution in [0, 0.1) is 6.92 Å². The van der Waals surface area contributed by atoms with Gasteiger partial charge < -0.3 is 24.1 Å². The Morgan fingerprint density at radius 1 is 0.721 bits per heavy atom. The summed E-state index contributed by atoms with van der Waals surface area (Å²) in [6.45, 7) is 3.73. The number of aliphatic hydroxyl groups is 1. The zero-order chi connectivity index (χ0) is 30.9. The van der Waals surface area contributed by atoms with Crippen molar-refractivity contribution in [3.05, 3.63) is 119 Å². The van der Waals surface area contributed by atoms with Gasteiger partial charge in [0.1, 0.15) is 17.3 Å². The molecular weight excluding hydrogens is 544 g/mol. The van der Waals surface area contributed by atoms with E-state index in [0.717, 1.165) is 45.0 Å². The highest BCUT2D eigenvalue weighted by molar-refractivity contribution is 6.02. The first kappa shape index (κ1) is 30.7. The molecule has 0 fully saturated rings. The Bertz CT molecular complexity index is 1730. The van der Waals surface area contributed by atoms with E-state index in [4.69, 9.17) is 18.9 Å². The average Bonchev–Trinajstić information content (AvgIpc) is 3.02. The lowest BCUT2D eigenvalue weighted by atomic mass is 9.98. The van der Waals surface area contributed by atoms with E-state index in [1.807, 2.05) is 61.5 Å². The van der Waals surface area contributed by atoms with Crippen LogP contribution >= 0.6 is 0 Å². The number of carbonyl (C=O) groups is 2. The van der Waals surface area contributed by atoms with Gasteiger partial charge in [0.15, 0.2) is 17.3 Å². The molecule has 0 amide bonds. The number of esters is 1. The van der Waals surface area contributed by atoms with E-state index in [0.29, 0.717) is 11.3 Å². The Morgan fingerprint density at radius 2 is 1.37 bits per heavy atom. The smallest absolute Gasteiger partial charge is 0.318 e. The van der Waals surface area contributed by atoms with Gasteiger partial charge in [-0.2, -0.15) is 0 Å². The van der Waals surface area contributed by atoms with Crippen molar-refractivity contribution in [1.29, 1.82) is 0 Å². The fraction of sp³-hybridized carbons (Fsp3) is 0.167. The molecule has 1 N–H and O–H groups in total. The lowest BCUT2D eigenvalue weighted by molar-refractivity contribution is -0.135. The van der Waals surface area contributed by atoms with Crippen LogP contribution in [0.2, 0.25) is 0 Å². The number of benzene rings is 4. The van der Waals surface area contributed by atoms with Crippen LogP contribution in [-0.2, 0) is 9.59 Å². The molecule has 0 aliphatic rings. The van der Waals surface area contributed by atoms with Gasteiger partial charge in [-0.15, -0.1) is 0 Å². The number of hydrogen-bond acceptors (Lipinski definition) is 7. The highest BCUT2D eigenvalue weighted by atomic mass is 16.6. The molecule has 0 unspecified atom stereocenters. The van der Waals surface area contributed by atoms with Crippen LogP contribution in [0.15, 0.2) is 96.8 Å². The average molecular weight is 579 g/mol. The van der Waals surface area contributed by atoms with Crippen LogP contribution in [0.5, 0.6) is 23.0 Å². The summed E-state index contributed by atoms with van der Waals surface area (Å²) in [5.41, 5.74) is 3.30. The first-order valence-corrected chi connectivity index (χ1v) is 13.6. The molecule has 0 saturated carbocycles. The summed E-state index contributed by atoms with van der Waals surface area (Å²) in [5.74, 6) is 0.594. The standard InChI is InChI=1S/C36H34O7/c1-23-6-7-25(18-34(23)41-4)8-14-30(37)22-31(38)15-9-26-10-17-33(35(19-26)42-5)43-36(39)24(2)27-11-12-29-21-32(40-3)16-13-28(29)20-27/h6-22,24,38H,1-5H3/b14-8+,15-9+,31-22?/t24-/m0/s1. The van der Waals surface area contributed by atoms with Crippen molar-refractivity contribution < 1.29 is 33.6 Å². The fourth-order valence-electron chi connectivity index (χ4n) is 4.39. The number of methoxy groups -OCH3 is 3. The predicted octanol–water partition coefficient (Wildman–Crippen LogP) is 7.62. The van der Waals surface area contributed by atoms with E-state index in [1.54, 1.807) is 51.5 Å². The largest absolute Gasteiger partial charge is 0.508 e. The van der Waals surface area contributed by atoms with Crippen LogP contribution in [0.4, 0.5) is 0 Å². The van der Waals surface area contributed by atoms with Crippen molar-refractivity contribution >= 4 is 34.7 Å².